The highest BCUT2D eigenvalue weighted by Gasteiger charge is 2.13. The monoisotopic (exact) mass is 252 g/mol. The number of likely N-dealkylation sites (tertiary alicyclic amines) is 1. The van der Waals surface area contributed by atoms with Crippen LogP contribution in [0.2, 0.25) is 5.02 Å². The van der Waals surface area contributed by atoms with Crippen molar-refractivity contribution < 1.29 is 0 Å². The third kappa shape index (κ3) is 3.97. The van der Waals surface area contributed by atoms with E-state index in [1.807, 2.05) is 12.1 Å². The van der Waals surface area contributed by atoms with Crippen molar-refractivity contribution in [3.8, 4) is 0 Å². The molecule has 0 N–H and O–H groups in total. The van der Waals surface area contributed by atoms with Crippen molar-refractivity contribution in [1.29, 1.82) is 0 Å². The van der Waals surface area contributed by atoms with Crippen LogP contribution in [0, 0.1) is 0 Å². The average Bonchev–Trinajstić information content (AvgIpc) is 2.37. The molecule has 0 bridgehead atoms. The minimum Gasteiger partial charge on any atom is -0.303 e. The minimum absolute atomic E-state index is 0.496. The number of nitrogens with zero attached hydrogens (tertiary/aromatic N) is 2. The van der Waals surface area contributed by atoms with Crippen molar-refractivity contribution in [2.24, 2.45) is 0 Å². The molecule has 17 heavy (non-hydrogen) atoms. The van der Waals surface area contributed by atoms with E-state index in [-0.39, 0.29) is 0 Å². The molecule has 1 aromatic heterocycles. The summed E-state index contributed by atoms with van der Waals surface area (Å²) < 4.78 is 0. The van der Waals surface area contributed by atoms with Gasteiger partial charge in [-0.3, -0.25) is 4.98 Å². The number of halogens is 1. The molecule has 1 atom stereocenters. The van der Waals surface area contributed by atoms with E-state index < -0.39 is 0 Å². The second-order valence-electron chi connectivity index (χ2n) is 4.99. The molecule has 94 valence electrons. The molecule has 1 fully saturated rings. The van der Waals surface area contributed by atoms with Crippen LogP contribution in [0.3, 0.4) is 0 Å². The summed E-state index contributed by atoms with van der Waals surface area (Å²) in [4.78, 5) is 6.97. The topological polar surface area (TPSA) is 16.1 Å². The van der Waals surface area contributed by atoms with Crippen LogP contribution in [-0.4, -0.2) is 29.5 Å². The Bertz CT molecular complexity index is 348. The molecule has 2 heterocycles. The van der Waals surface area contributed by atoms with Gasteiger partial charge in [0.2, 0.25) is 0 Å². The number of hydrogen-bond acceptors (Lipinski definition) is 2. The van der Waals surface area contributed by atoms with E-state index in [1.165, 1.54) is 45.3 Å². The van der Waals surface area contributed by atoms with Gasteiger partial charge in [-0.25, -0.2) is 0 Å². The van der Waals surface area contributed by atoms with Gasteiger partial charge in [0, 0.05) is 16.9 Å². The summed E-state index contributed by atoms with van der Waals surface area (Å²) in [6.45, 7) is 5.98. The van der Waals surface area contributed by atoms with Crippen LogP contribution in [-0.2, 0) is 0 Å². The Morgan fingerprint density at radius 2 is 2.12 bits per heavy atom. The summed E-state index contributed by atoms with van der Waals surface area (Å²) in [6, 6.07) is 3.82. The molecular formula is C14H21ClN2. The first-order chi connectivity index (χ1) is 8.25. The minimum atomic E-state index is 0.496. The van der Waals surface area contributed by atoms with E-state index in [9.17, 15) is 0 Å². The Morgan fingerprint density at radius 1 is 1.35 bits per heavy atom. The fourth-order valence-corrected chi connectivity index (χ4v) is 2.57. The molecule has 2 nitrogen and oxygen atoms in total. The summed E-state index contributed by atoms with van der Waals surface area (Å²) in [5.41, 5.74) is 1.12. The molecule has 1 aliphatic heterocycles. The van der Waals surface area contributed by atoms with E-state index in [0.717, 1.165) is 10.7 Å². The zero-order valence-electron chi connectivity index (χ0n) is 10.5. The molecule has 3 heteroatoms. The van der Waals surface area contributed by atoms with Gasteiger partial charge in [-0.1, -0.05) is 24.9 Å². The van der Waals surface area contributed by atoms with Gasteiger partial charge in [0.05, 0.1) is 0 Å². The summed E-state index contributed by atoms with van der Waals surface area (Å²) in [7, 11) is 0. The lowest BCUT2D eigenvalue weighted by Crippen LogP contribution is -2.31. The zero-order valence-corrected chi connectivity index (χ0v) is 11.3. The largest absolute Gasteiger partial charge is 0.303 e. The smallest absolute Gasteiger partial charge is 0.0447 e. The van der Waals surface area contributed by atoms with Crippen LogP contribution in [0.5, 0.6) is 0 Å². The fraction of sp³-hybridized carbons (Fsp3) is 0.643. The van der Waals surface area contributed by atoms with Gasteiger partial charge in [0.25, 0.3) is 0 Å². The number of hydrogen-bond donors (Lipinski definition) is 0. The first-order valence-electron chi connectivity index (χ1n) is 6.59. The van der Waals surface area contributed by atoms with Crippen molar-refractivity contribution in [1.82, 2.24) is 9.88 Å². The molecule has 1 saturated heterocycles. The third-order valence-corrected chi connectivity index (χ3v) is 3.81. The lowest BCUT2D eigenvalue weighted by atomic mass is 10.0. The first-order valence-corrected chi connectivity index (χ1v) is 6.97. The van der Waals surface area contributed by atoms with Gasteiger partial charge in [-0.2, -0.15) is 0 Å². The number of rotatable bonds is 4. The SMILES string of the molecule is CC(CCN1CCCCC1)c1cc(Cl)ccn1. The predicted molar refractivity (Wildman–Crippen MR) is 72.6 cm³/mol. The van der Waals surface area contributed by atoms with Crippen LogP contribution in [0.25, 0.3) is 0 Å². The molecule has 1 unspecified atom stereocenters. The van der Waals surface area contributed by atoms with E-state index in [4.69, 9.17) is 11.6 Å². The first kappa shape index (κ1) is 12.8. The second-order valence-corrected chi connectivity index (χ2v) is 5.43. The van der Waals surface area contributed by atoms with E-state index in [0.29, 0.717) is 5.92 Å². The summed E-state index contributed by atoms with van der Waals surface area (Å²) in [5.74, 6) is 0.496. The predicted octanol–water partition coefficient (Wildman–Crippen LogP) is 3.71. The van der Waals surface area contributed by atoms with Crippen molar-refractivity contribution >= 4 is 11.6 Å². The Morgan fingerprint density at radius 3 is 2.82 bits per heavy atom. The summed E-state index contributed by atoms with van der Waals surface area (Å²) in [5, 5.41) is 0.792. The van der Waals surface area contributed by atoms with Crippen LogP contribution in [0.15, 0.2) is 18.3 Å². The zero-order chi connectivity index (χ0) is 12.1. The van der Waals surface area contributed by atoms with Gasteiger partial charge in [0.15, 0.2) is 0 Å². The highest BCUT2D eigenvalue weighted by atomic mass is 35.5. The van der Waals surface area contributed by atoms with E-state index >= 15 is 0 Å². The molecular weight excluding hydrogens is 232 g/mol. The van der Waals surface area contributed by atoms with Gasteiger partial charge >= 0.3 is 0 Å². The molecule has 2 rings (SSSR count). The van der Waals surface area contributed by atoms with Crippen LogP contribution < -0.4 is 0 Å². The second kappa shape index (κ2) is 6.36. The Labute approximate surface area is 109 Å². The highest BCUT2D eigenvalue weighted by molar-refractivity contribution is 6.30. The third-order valence-electron chi connectivity index (χ3n) is 3.58. The Hall–Kier alpha value is -0.600. The highest BCUT2D eigenvalue weighted by Crippen LogP contribution is 2.21. The molecule has 1 aliphatic rings. The van der Waals surface area contributed by atoms with Crippen molar-refractivity contribution in [2.75, 3.05) is 19.6 Å². The molecule has 0 spiro atoms. The Balaban J connectivity index is 1.82. The summed E-state index contributed by atoms with van der Waals surface area (Å²) in [6.07, 6.45) is 7.11. The van der Waals surface area contributed by atoms with Gasteiger partial charge < -0.3 is 4.90 Å². The van der Waals surface area contributed by atoms with Gasteiger partial charge in [0.1, 0.15) is 0 Å². The lowest BCUT2D eigenvalue weighted by molar-refractivity contribution is 0.222. The van der Waals surface area contributed by atoms with Crippen molar-refractivity contribution in [2.45, 2.75) is 38.5 Å². The van der Waals surface area contributed by atoms with Crippen molar-refractivity contribution in [3.63, 3.8) is 0 Å². The van der Waals surface area contributed by atoms with Gasteiger partial charge in [-0.15, -0.1) is 0 Å². The molecule has 0 radical (unpaired) electrons. The fourth-order valence-electron chi connectivity index (χ4n) is 2.40. The maximum absolute atomic E-state index is 5.99. The lowest BCUT2D eigenvalue weighted by Gasteiger charge is -2.27. The van der Waals surface area contributed by atoms with E-state index in [2.05, 4.69) is 16.8 Å². The van der Waals surface area contributed by atoms with Gasteiger partial charge in [-0.05, 0) is 56.9 Å². The average molecular weight is 253 g/mol. The maximum Gasteiger partial charge on any atom is 0.0447 e. The number of aromatic nitrogens is 1. The number of pyridine rings is 1. The normalized spacial score (nSPS) is 19.2. The van der Waals surface area contributed by atoms with E-state index in [1.54, 1.807) is 6.20 Å². The van der Waals surface area contributed by atoms with Crippen LogP contribution in [0.4, 0.5) is 0 Å². The Kier molecular flexibility index (Phi) is 4.81. The molecule has 0 aliphatic carbocycles. The summed E-state index contributed by atoms with van der Waals surface area (Å²) >= 11 is 5.99. The standard InChI is InChI=1S/C14H21ClN2/c1-12(14-11-13(15)5-7-16-14)6-10-17-8-3-2-4-9-17/h5,7,11-12H,2-4,6,8-10H2,1H3. The quantitative estimate of drug-likeness (QED) is 0.812. The maximum atomic E-state index is 5.99. The van der Waals surface area contributed by atoms with Crippen LogP contribution in [0.1, 0.15) is 44.2 Å². The molecule has 0 aromatic carbocycles. The molecule has 0 amide bonds. The molecule has 0 saturated carbocycles. The molecule has 1 aromatic rings. The van der Waals surface area contributed by atoms with Crippen molar-refractivity contribution in [3.05, 3.63) is 29.0 Å². The number of piperidine rings is 1. The van der Waals surface area contributed by atoms with Crippen LogP contribution >= 0.6 is 11.6 Å².